The van der Waals surface area contributed by atoms with Crippen LogP contribution in [0, 0.1) is 18.8 Å². The van der Waals surface area contributed by atoms with Gasteiger partial charge in [0.25, 0.3) is 0 Å². The molecule has 0 aromatic carbocycles. The van der Waals surface area contributed by atoms with E-state index in [1.807, 2.05) is 19.9 Å². The lowest BCUT2D eigenvalue weighted by molar-refractivity contribution is -0.118. The Morgan fingerprint density at radius 2 is 2.25 bits per heavy atom. The summed E-state index contributed by atoms with van der Waals surface area (Å²) in [5.74, 6) is 0.461. The lowest BCUT2D eigenvalue weighted by Crippen LogP contribution is -2.29. The van der Waals surface area contributed by atoms with E-state index in [9.17, 15) is 9.59 Å². The van der Waals surface area contributed by atoms with Gasteiger partial charge in [0.1, 0.15) is 5.82 Å². The van der Waals surface area contributed by atoms with Crippen molar-refractivity contribution in [3.8, 4) is 0 Å². The van der Waals surface area contributed by atoms with E-state index in [2.05, 4.69) is 15.3 Å². The monoisotopic (exact) mass is 327 g/mol. The van der Waals surface area contributed by atoms with Crippen LogP contribution in [0.25, 0.3) is 0 Å². The Labute approximate surface area is 138 Å². The molecule has 0 spiro atoms. The van der Waals surface area contributed by atoms with Gasteiger partial charge in [-0.3, -0.25) is 9.69 Å². The van der Waals surface area contributed by atoms with Crippen LogP contribution in [-0.4, -0.2) is 43.5 Å². The van der Waals surface area contributed by atoms with Crippen molar-refractivity contribution in [3.63, 3.8) is 0 Å². The normalized spacial score (nSPS) is 23.2. The molecular weight excluding hydrogens is 310 g/mol. The van der Waals surface area contributed by atoms with Crippen molar-refractivity contribution in [2.24, 2.45) is 11.8 Å². The first-order chi connectivity index (χ1) is 11.5. The summed E-state index contributed by atoms with van der Waals surface area (Å²) < 4.78 is 1.50. The van der Waals surface area contributed by atoms with E-state index in [0.717, 1.165) is 24.1 Å². The molecule has 2 aromatic heterocycles. The van der Waals surface area contributed by atoms with E-state index in [1.165, 1.54) is 10.9 Å². The number of carboxylic acid groups (broad SMARTS) is 1. The molecule has 2 aliphatic rings. The second-order valence-electron chi connectivity index (χ2n) is 6.52. The van der Waals surface area contributed by atoms with E-state index in [1.54, 1.807) is 11.1 Å². The van der Waals surface area contributed by atoms with Crippen LogP contribution >= 0.6 is 0 Å². The molecule has 0 bridgehead atoms. The smallest absolute Gasteiger partial charge is 0.358 e. The van der Waals surface area contributed by atoms with Gasteiger partial charge in [-0.05, 0) is 43.4 Å². The van der Waals surface area contributed by atoms with Crippen LogP contribution in [0.15, 0.2) is 18.5 Å². The van der Waals surface area contributed by atoms with Crippen LogP contribution in [0.5, 0.6) is 0 Å². The second kappa shape index (κ2) is 5.12. The highest BCUT2D eigenvalue weighted by molar-refractivity contribution is 5.99. The average Bonchev–Trinajstić information content (AvgIpc) is 3.01. The number of aromatic nitrogens is 4. The third-order valence-corrected chi connectivity index (χ3v) is 4.91. The van der Waals surface area contributed by atoms with E-state index in [-0.39, 0.29) is 23.6 Å². The number of piperidine rings is 1. The van der Waals surface area contributed by atoms with Crippen molar-refractivity contribution in [2.45, 2.75) is 26.3 Å². The van der Waals surface area contributed by atoms with Crippen LogP contribution in [-0.2, 0) is 4.79 Å². The molecule has 24 heavy (non-hydrogen) atoms. The van der Waals surface area contributed by atoms with Gasteiger partial charge in [-0.25, -0.2) is 14.5 Å². The number of rotatable bonds is 4. The molecule has 4 rings (SSSR count). The van der Waals surface area contributed by atoms with Gasteiger partial charge in [0, 0.05) is 18.7 Å². The van der Waals surface area contributed by atoms with Crippen molar-refractivity contribution >= 4 is 17.7 Å². The third kappa shape index (κ3) is 2.26. The molecule has 8 nitrogen and oxygen atoms in total. The Morgan fingerprint density at radius 1 is 1.46 bits per heavy atom. The van der Waals surface area contributed by atoms with Crippen molar-refractivity contribution < 1.29 is 14.7 Å². The topological polar surface area (TPSA) is 101 Å². The van der Waals surface area contributed by atoms with Crippen LogP contribution in [0.4, 0.5) is 5.82 Å². The summed E-state index contributed by atoms with van der Waals surface area (Å²) in [6.07, 6.45) is 4.15. The average molecular weight is 327 g/mol. The summed E-state index contributed by atoms with van der Waals surface area (Å²) in [6.45, 7) is 4.61. The van der Waals surface area contributed by atoms with Crippen LogP contribution in [0.2, 0.25) is 0 Å². The molecule has 0 unspecified atom stereocenters. The second-order valence-corrected chi connectivity index (χ2v) is 6.52. The standard InChI is InChI=1S/C16H17N5O3/c1-8-3-14(20-6-10-4-11(10)15(20)22)17-5-12(8)9(2)21-7-13(16(23)24)18-19-21/h3,5,7,9-11H,4,6H2,1-2H3,(H,23,24)/t9-,10+,11+/m0/s1. The summed E-state index contributed by atoms with van der Waals surface area (Å²) in [5, 5.41) is 16.5. The van der Waals surface area contributed by atoms with Gasteiger partial charge in [-0.1, -0.05) is 5.21 Å². The van der Waals surface area contributed by atoms with Crippen LogP contribution < -0.4 is 4.90 Å². The zero-order valence-electron chi connectivity index (χ0n) is 13.4. The van der Waals surface area contributed by atoms with Gasteiger partial charge in [0.15, 0.2) is 5.69 Å². The number of hydrogen-bond donors (Lipinski definition) is 1. The molecule has 0 radical (unpaired) electrons. The number of amides is 1. The van der Waals surface area contributed by atoms with E-state index in [0.29, 0.717) is 11.7 Å². The quantitative estimate of drug-likeness (QED) is 0.907. The number of carbonyl (C=O) groups excluding carboxylic acids is 1. The molecule has 2 fully saturated rings. The molecule has 1 saturated heterocycles. The minimum Gasteiger partial charge on any atom is -0.476 e. The number of carbonyl (C=O) groups is 2. The number of nitrogens with zero attached hydrogens (tertiary/aromatic N) is 5. The predicted octanol–water partition coefficient (Wildman–Crippen LogP) is 1.27. The molecule has 2 aromatic rings. The highest BCUT2D eigenvalue weighted by Gasteiger charge is 2.52. The summed E-state index contributed by atoms with van der Waals surface area (Å²) in [4.78, 5) is 29.3. The van der Waals surface area contributed by atoms with Gasteiger partial charge in [0.2, 0.25) is 5.91 Å². The van der Waals surface area contributed by atoms with Gasteiger partial charge in [0.05, 0.1) is 12.2 Å². The van der Waals surface area contributed by atoms with Crippen LogP contribution in [0.1, 0.15) is 41.0 Å². The molecule has 124 valence electrons. The number of aryl methyl sites for hydroxylation is 1. The largest absolute Gasteiger partial charge is 0.476 e. The lowest BCUT2D eigenvalue weighted by Gasteiger charge is -2.20. The molecule has 8 heteroatoms. The summed E-state index contributed by atoms with van der Waals surface area (Å²) in [6, 6.07) is 1.71. The Morgan fingerprint density at radius 3 is 2.83 bits per heavy atom. The number of pyridine rings is 1. The number of aromatic carboxylic acids is 1. The van der Waals surface area contributed by atoms with Crippen molar-refractivity contribution in [1.82, 2.24) is 20.0 Å². The molecule has 1 N–H and O–H groups in total. The number of hydrogen-bond acceptors (Lipinski definition) is 5. The number of carboxylic acids is 1. The van der Waals surface area contributed by atoms with Crippen LogP contribution in [0.3, 0.4) is 0 Å². The third-order valence-electron chi connectivity index (χ3n) is 4.91. The lowest BCUT2D eigenvalue weighted by atomic mass is 10.1. The van der Waals surface area contributed by atoms with Crippen molar-refractivity contribution in [2.75, 3.05) is 11.4 Å². The first-order valence-electron chi connectivity index (χ1n) is 7.88. The minimum absolute atomic E-state index is 0.0917. The first-order valence-corrected chi connectivity index (χ1v) is 7.88. The van der Waals surface area contributed by atoms with Crippen molar-refractivity contribution in [1.29, 1.82) is 0 Å². The fourth-order valence-corrected chi connectivity index (χ4v) is 3.33. The van der Waals surface area contributed by atoms with Gasteiger partial charge < -0.3 is 5.11 Å². The molecule has 1 amide bonds. The predicted molar refractivity (Wildman–Crippen MR) is 83.7 cm³/mol. The summed E-state index contributed by atoms with van der Waals surface area (Å²) >= 11 is 0. The minimum atomic E-state index is -1.11. The van der Waals surface area contributed by atoms with Crippen molar-refractivity contribution in [3.05, 3.63) is 35.3 Å². The van der Waals surface area contributed by atoms with E-state index < -0.39 is 5.97 Å². The zero-order chi connectivity index (χ0) is 17.0. The molecular formula is C16H17N5O3. The Bertz CT molecular complexity index is 846. The summed E-state index contributed by atoms with van der Waals surface area (Å²) in [5.41, 5.74) is 1.80. The molecule has 3 atom stereocenters. The molecule has 1 saturated carbocycles. The SMILES string of the molecule is Cc1cc(N2C[C@H]3C[C@H]3C2=O)ncc1[C@H](C)n1cc(C(=O)O)nn1. The fraction of sp³-hybridized carbons (Fsp3) is 0.438. The number of anilines is 1. The Hall–Kier alpha value is -2.77. The molecule has 1 aliphatic carbocycles. The number of fused-ring (bicyclic) bond motifs is 1. The molecule has 1 aliphatic heterocycles. The van der Waals surface area contributed by atoms with Gasteiger partial charge in [-0.2, -0.15) is 0 Å². The highest BCUT2D eigenvalue weighted by atomic mass is 16.4. The highest BCUT2D eigenvalue weighted by Crippen LogP contribution is 2.47. The molecule has 3 heterocycles. The Kier molecular flexibility index (Phi) is 3.16. The fourth-order valence-electron chi connectivity index (χ4n) is 3.33. The maximum Gasteiger partial charge on any atom is 0.358 e. The Balaban J connectivity index is 1.59. The zero-order valence-corrected chi connectivity index (χ0v) is 13.4. The maximum atomic E-state index is 12.2. The van der Waals surface area contributed by atoms with E-state index >= 15 is 0 Å². The van der Waals surface area contributed by atoms with Gasteiger partial charge in [-0.15, -0.1) is 5.10 Å². The maximum absolute atomic E-state index is 12.2. The van der Waals surface area contributed by atoms with Gasteiger partial charge >= 0.3 is 5.97 Å². The summed E-state index contributed by atoms with van der Waals surface area (Å²) in [7, 11) is 0. The van der Waals surface area contributed by atoms with E-state index in [4.69, 9.17) is 5.11 Å². The first kappa shape index (κ1) is 14.8.